The maximum atomic E-state index is 13.0. The van der Waals surface area contributed by atoms with E-state index in [0.717, 1.165) is 5.69 Å². The van der Waals surface area contributed by atoms with Crippen LogP contribution in [0.1, 0.15) is 0 Å². The molecule has 4 nitrogen and oxygen atoms in total. The molecule has 1 heterocycles. The third-order valence-electron chi connectivity index (χ3n) is 2.89. The van der Waals surface area contributed by atoms with E-state index in [1.165, 1.54) is 12.1 Å². The summed E-state index contributed by atoms with van der Waals surface area (Å²) in [6, 6.07) is 17.3. The lowest BCUT2D eigenvalue weighted by Gasteiger charge is -2.08. The van der Waals surface area contributed by atoms with Crippen LogP contribution in [0.15, 0.2) is 60.7 Å². The van der Waals surface area contributed by atoms with Crippen molar-refractivity contribution in [2.75, 3.05) is 11.1 Å². The van der Waals surface area contributed by atoms with Crippen LogP contribution in [0.5, 0.6) is 0 Å². The average molecular weight is 280 g/mol. The minimum atomic E-state index is -0.301. The van der Waals surface area contributed by atoms with Gasteiger partial charge in [0.05, 0.1) is 0 Å². The number of benzene rings is 2. The average Bonchev–Trinajstić information content (AvgIpc) is 2.48. The van der Waals surface area contributed by atoms with Crippen LogP contribution in [0, 0.1) is 5.82 Å². The van der Waals surface area contributed by atoms with Crippen molar-refractivity contribution in [3.63, 3.8) is 0 Å². The second kappa shape index (κ2) is 5.58. The van der Waals surface area contributed by atoms with Crippen LogP contribution < -0.4 is 11.1 Å². The highest BCUT2D eigenvalue weighted by Gasteiger charge is 2.06. The Hall–Kier alpha value is -2.95. The highest BCUT2D eigenvalue weighted by molar-refractivity contribution is 5.64. The highest BCUT2D eigenvalue weighted by atomic mass is 19.1. The number of para-hydroxylation sites is 1. The van der Waals surface area contributed by atoms with Gasteiger partial charge >= 0.3 is 0 Å². The topological polar surface area (TPSA) is 63.8 Å². The molecule has 0 aliphatic rings. The van der Waals surface area contributed by atoms with E-state index >= 15 is 0 Å². The third kappa shape index (κ3) is 3.14. The summed E-state index contributed by atoms with van der Waals surface area (Å²) in [6.45, 7) is 0. The summed E-state index contributed by atoms with van der Waals surface area (Å²) in [5.41, 5.74) is 7.43. The number of rotatable bonds is 3. The number of halogens is 1. The largest absolute Gasteiger partial charge is 0.384 e. The molecule has 3 N–H and O–H groups in total. The van der Waals surface area contributed by atoms with Crippen molar-refractivity contribution >= 4 is 17.3 Å². The summed E-state index contributed by atoms with van der Waals surface area (Å²) in [5.74, 6) is 1.09. The van der Waals surface area contributed by atoms with Gasteiger partial charge in [-0.3, -0.25) is 0 Å². The zero-order valence-electron chi connectivity index (χ0n) is 11.1. The van der Waals surface area contributed by atoms with Gasteiger partial charge in [0, 0.05) is 17.3 Å². The van der Waals surface area contributed by atoms with E-state index in [2.05, 4.69) is 15.3 Å². The molecule has 21 heavy (non-hydrogen) atoms. The summed E-state index contributed by atoms with van der Waals surface area (Å²) in [6.07, 6.45) is 0. The molecular formula is C16H13FN4. The fourth-order valence-electron chi connectivity index (χ4n) is 1.93. The van der Waals surface area contributed by atoms with Gasteiger partial charge < -0.3 is 11.1 Å². The van der Waals surface area contributed by atoms with Crippen LogP contribution in [-0.4, -0.2) is 9.97 Å². The van der Waals surface area contributed by atoms with Crippen LogP contribution >= 0.6 is 0 Å². The maximum absolute atomic E-state index is 13.0. The van der Waals surface area contributed by atoms with Gasteiger partial charge in [-0.15, -0.1) is 0 Å². The van der Waals surface area contributed by atoms with Crippen molar-refractivity contribution in [2.24, 2.45) is 0 Å². The lowest BCUT2D eigenvalue weighted by molar-refractivity contribution is 0.628. The monoisotopic (exact) mass is 280 g/mol. The summed E-state index contributed by atoms with van der Waals surface area (Å²) in [7, 11) is 0. The minimum Gasteiger partial charge on any atom is -0.384 e. The van der Waals surface area contributed by atoms with Gasteiger partial charge in [0.1, 0.15) is 17.5 Å². The molecule has 2 aromatic carbocycles. The first-order chi connectivity index (χ1) is 10.2. The summed E-state index contributed by atoms with van der Waals surface area (Å²) < 4.78 is 13.0. The van der Waals surface area contributed by atoms with Gasteiger partial charge in [0.15, 0.2) is 5.82 Å². The first-order valence-electron chi connectivity index (χ1n) is 6.43. The van der Waals surface area contributed by atoms with E-state index in [-0.39, 0.29) is 5.82 Å². The Labute approximate surface area is 121 Å². The van der Waals surface area contributed by atoms with Crippen molar-refractivity contribution in [1.82, 2.24) is 9.97 Å². The number of hydrogen-bond donors (Lipinski definition) is 2. The van der Waals surface area contributed by atoms with Crippen LogP contribution in [0.2, 0.25) is 0 Å². The van der Waals surface area contributed by atoms with Gasteiger partial charge in [-0.1, -0.05) is 18.2 Å². The zero-order chi connectivity index (χ0) is 14.7. The Morgan fingerprint density at radius 1 is 0.905 bits per heavy atom. The first-order valence-corrected chi connectivity index (χ1v) is 6.43. The van der Waals surface area contributed by atoms with E-state index in [1.807, 2.05) is 30.3 Å². The van der Waals surface area contributed by atoms with E-state index < -0.39 is 0 Å². The molecule has 104 valence electrons. The molecule has 0 saturated carbocycles. The lowest BCUT2D eigenvalue weighted by Crippen LogP contribution is -2.01. The van der Waals surface area contributed by atoms with Crippen LogP contribution in [-0.2, 0) is 0 Å². The van der Waals surface area contributed by atoms with Gasteiger partial charge in [-0.05, 0) is 36.4 Å². The number of aromatic nitrogens is 2. The number of anilines is 3. The SMILES string of the molecule is Nc1cc(Nc2ccccc2)nc(-c2ccc(F)cc2)n1. The van der Waals surface area contributed by atoms with Crippen molar-refractivity contribution in [3.8, 4) is 11.4 Å². The molecule has 0 atom stereocenters. The van der Waals surface area contributed by atoms with Crippen LogP contribution in [0.4, 0.5) is 21.7 Å². The molecule has 0 spiro atoms. The van der Waals surface area contributed by atoms with E-state index in [0.29, 0.717) is 23.0 Å². The predicted molar refractivity (Wildman–Crippen MR) is 81.6 cm³/mol. The smallest absolute Gasteiger partial charge is 0.163 e. The maximum Gasteiger partial charge on any atom is 0.163 e. The molecular weight excluding hydrogens is 267 g/mol. The Balaban J connectivity index is 1.94. The third-order valence-corrected chi connectivity index (χ3v) is 2.89. The molecule has 5 heteroatoms. The Morgan fingerprint density at radius 3 is 2.33 bits per heavy atom. The van der Waals surface area contributed by atoms with Crippen molar-refractivity contribution in [2.45, 2.75) is 0 Å². The standard InChI is InChI=1S/C16H13FN4/c17-12-8-6-11(7-9-12)16-20-14(18)10-15(21-16)19-13-4-2-1-3-5-13/h1-10H,(H3,18,19,20,21). The second-order valence-corrected chi connectivity index (χ2v) is 4.50. The molecule has 0 radical (unpaired) electrons. The molecule has 0 saturated heterocycles. The number of hydrogen-bond acceptors (Lipinski definition) is 4. The molecule has 0 aliphatic heterocycles. The number of nitrogen functional groups attached to an aromatic ring is 1. The highest BCUT2D eigenvalue weighted by Crippen LogP contribution is 2.21. The minimum absolute atomic E-state index is 0.301. The fourth-order valence-corrected chi connectivity index (χ4v) is 1.93. The second-order valence-electron chi connectivity index (χ2n) is 4.50. The quantitative estimate of drug-likeness (QED) is 0.769. The summed E-state index contributed by atoms with van der Waals surface area (Å²) >= 11 is 0. The number of nitrogens with zero attached hydrogens (tertiary/aromatic N) is 2. The molecule has 0 fully saturated rings. The molecule has 0 unspecified atom stereocenters. The zero-order valence-corrected chi connectivity index (χ0v) is 11.1. The number of nitrogens with one attached hydrogen (secondary N) is 1. The summed E-state index contributed by atoms with van der Waals surface area (Å²) in [5, 5.41) is 3.16. The van der Waals surface area contributed by atoms with E-state index in [4.69, 9.17) is 5.73 Å². The molecule has 0 aliphatic carbocycles. The Kier molecular flexibility index (Phi) is 3.47. The van der Waals surface area contributed by atoms with E-state index in [9.17, 15) is 4.39 Å². The molecule has 3 rings (SSSR count). The Bertz CT molecular complexity index is 742. The molecule has 0 bridgehead atoms. The van der Waals surface area contributed by atoms with Crippen LogP contribution in [0.25, 0.3) is 11.4 Å². The lowest BCUT2D eigenvalue weighted by atomic mass is 10.2. The molecule has 0 amide bonds. The first kappa shape index (κ1) is 13.1. The van der Waals surface area contributed by atoms with Gasteiger partial charge in [0.2, 0.25) is 0 Å². The summed E-state index contributed by atoms with van der Waals surface area (Å²) in [4.78, 5) is 8.58. The van der Waals surface area contributed by atoms with E-state index in [1.54, 1.807) is 18.2 Å². The predicted octanol–water partition coefficient (Wildman–Crippen LogP) is 3.61. The van der Waals surface area contributed by atoms with Crippen molar-refractivity contribution in [1.29, 1.82) is 0 Å². The molecule has 1 aromatic heterocycles. The number of nitrogens with two attached hydrogens (primary N) is 1. The van der Waals surface area contributed by atoms with Gasteiger partial charge in [-0.2, -0.15) is 0 Å². The van der Waals surface area contributed by atoms with Gasteiger partial charge in [-0.25, -0.2) is 14.4 Å². The Morgan fingerprint density at radius 2 is 1.62 bits per heavy atom. The normalized spacial score (nSPS) is 10.3. The van der Waals surface area contributed by atoms with Crippen molar-refractivity contribution in [3.05, 3.63) is 66.5 Å². The fraction of sp³-hybridized carbons (Fsp3) is 0. The molecule has 3 aromatic rings. The van der Waals surface area contributed by atoms with Gasteiger partial charge in [0.25, 0.3) is 0 Å². The van der Waals surface area contributed by atoms with Crippen molar-refractivity contribution < 1.29 is 4.39 Å². The van der Waals surface area contributed by atoms with Crippen LogP contribution in [0.3, 0.4) is 0 Å².